The van der Waals surface area contributed by atoms with Gasteiger partial charge in [0.15, 0.2) is 0 Å². The van der Waals surface area contributed by atoms with E-state index in [-0.39, 0.29) is 30.3 Å². The molecule has 1 aromatic rings. The van der Waals surface area contributed by atoms with Crippen LogP contribution in [0.4, 0.5) is 0 Å². The molecule has 2 aliphatic rings. The van der Waals surface area contributed by atoms with E-state index in [4.69, 9.17) is 0 Å². The normalized spacial score (nSPS) is 24.3. The first-order valence-electron chi connectivity index (χ1n) is 7.82. The summed E-state index contributed by atoms with van der Waals surface area (Å²) in [6.45, 7) is 1.93. The minimum absolute atomic E-state index is 0.149. The molecule has 0 saturated heterocycles. The molecule has 0 unspecified atom stereocenters. The molecule has 1 saturated carbocycles. The standard InChI is InChI=1S/C17H20N2O3/c1-11-6-2-5-9-14(11)18-15(20)10-19-16(21)12-7-3-4-8-13(12)17(19)22/h3-4,7-8,11,14H,2,5-6,9-10H2,1H3,(H,18,20)/t11-,14+/m1/s1. The van der Waals surface area contributed by atoms with Gasteiger partial charge in [-0.25, -0.2) is 0 Å². The van der Waals surface area contributed by atoms with Crippen molar-refractivity contribution in [3.8, 4) is 0 Å². The van der Waals surface area contributed by atoms with E-state index in [1.807, 2.05) is 0 Å². The summed E-state index contributed by atoms with van der Waals surface area (Å²) in [6, 6.07) is 6.83. The SMILES string of the molecule is C[C@@H]1CCCC[C@@H]1NC(=O)CN1C(=O)c2ccccc2C1=O. The smallest absolute Gasteiger partial charge is 0.262 e. The number of imide groups is 1. The molecule has 1 N–H and O–H groups in total. The van der Waals surface area contributed by atoms with Crippen molar-refractivity contribution in [3.05, 3.63) is 35.4 Å². The van der Waals surface area contributed by atoms with E-state index in [2.05, 4.69) is 12.2 Å². The number of hydrogen-bond acceptors (Lipinski definition) is 3. The van der Waals surface area contributed by atoms with Crippen molar-refractivity contribution in [2.24, 2.45) is 5.92 Å². The van der Waals surface area contributed by atoms with Crippen molar-refractivity contribution in [1.29, 1.82) is 0 Å². The van der Waals surface area contributed by atoms with Gasteiger partial charge < -0.3 is 5.32 Å². The summed E-state index contributed by atoms with van der Waals surface area (Å²) >= 11 is 0. The van der Waals surface area contributed by atoms with Crippen LogP contribution in [-0.2, 0) is 4.79 Å². The zero-order valence-corrected chi connectivity index (χ0v) is 12.7. The van der Waals surface area contributed by atoms with Gasteiger partial charge in [-0.15, -0.1) is 0 Å². The molecular weight excluding hydrogens is 280 g/mol. The van der Waals surface area contributed by atoms with Crippen LogP contribution in [0.3, 0.4) is 0 Å². The minimum atomic E-state index is -0.382. The van der Waals surface area contributed by atoms with Gasteiger partial charge in [-0.1, -0.05) is 31.9 Å². The van der Waals surface area contributed by atoms with Crippen molar-refractivity contribution in [3.63, 3.8) is 0 Å². The van der Waals surface area contributed by atoms with Crippen molar-refractivity contribution < 1.29 is 14.4 Å². The lowest BCUT2D eigenvalue weighted by molar-refractivity contribution is -0.122. The third-order valence-electron chi connectivity index (χ3n) is 4.64. The van der Waals surface area contributed by atoms with Gasteiger partial charge in [-0.3, -0.25) is 19.3 Å². The van der Waals surface area contributed by atoms with E-state index in [0.29, 0.717) is 17.0 Å². The Morgan fingerprint density at radius 2 is 1.73 bits per heavy atom. The van der Waals surface area contributed by atoms with Gasteiger partial charge in [0, 0.05) is 6.04 Å². The quantitative estimate of drug-likeness (QED) is 0.868. The van der Waals surface area contributed by atoms with E-state index >= 15 is 0 Å². The number of hydrogen-bond donors (Lipinski definition) is 1. The summed E-state index contributed by atoms with van der Waals surface area (Å²) in [5, 5.41) is 2.98. The molecule has 0 bridgehead atoms. The first-order chi connectivity index (χ1) is 10.6. The number of benzene rings is 1. The van der Waals surface area contributed by atoms with E-state index in [0.717, 1.165) is 24.2 Å². The number of rotatable bonds is 3. The summed E-state index contributed by atoms with van der Waals surface area (Å²) in [6.07, 6.45) is 4.39. The highest BCUT2D eigenvalue weighted by Crippen LogP contribution is 2.24. The fourth-order valence-electron chi connectivity index (χ4n) is 3.31. The number of amides is 3. The molecule has 5 heteroatoms. The Morgan fingerprint density at radius 3 is 2.32 bits per heavy atom. The molecule has 1 aromatic carbocycles. The second kappa shape index (κ2) is 5.91. The number of carbonyl (C=O) groups excluding carboxylic acids is 3. The molecule has 0 radical (unpaired) electrons. The molecule has 1 aliphatic heterocycles. The predicted octanol–water partition coefficient (Wildman–Crippen LogP) is 1.98. The highest BCUT2D eigenvalue weighted by Gasteiger charge is 2.36. The Balaban J connectivity index is 1.65. The van der Waals surface area contributed by atoms with E-state index in [1.54, 1.807) is 24.3 Å². The van der Waals surface area contributed by atoms with Crippen molar-refractivity contribution in [2.45, 2.75) is 38.6 Å². The van der Waals surface area contributed by atoms with Gasteiger partial charge in [0.1, 0.15) is 6.54 Å². The number of nitrogens with one attached hydrogen (secondary N) is 1. The van der Waals surface area contributed by atoms with E-state index in [1.165, 1.54) is 6.42 Å². The van der Waals surface area contributed by atoms with Crippen LogP contribution in [0, 0.1) is 5.92 Å². The summed E-state index contributed by atoms with van der Waals surface area (Å²) in [4.78, 5) is 37.7. The van der Waals surface area contributed by atoms with E-state index in [9.17, 15) is 14.4 Å². The first-order valence-corrected chi connectivity index (χ1v) is 7.82. The fourth-order valence-corrected chi connectivity index (χ4v) is 3.31. The van der Waals surface area contributed by atoms with Gasteiger partial charge in [0.25, 0.3) is 11.8 Å². The molecule has 0 aromatic heterocycles. The minimum Gasteiger partial charge on any atom is -0.352 e. The summed E-state index contributed by atoms with van der Waals surface area (Å²) in [5.41, 5.74) is 0.762. The van der Waals surface area contributed by atoms with Crippen LogP contribution < -0.4 is 5.32 Å². The summed E-state index contributed by atoms with van der Waals surface area (Å²) in [5.74, 6) is -0.576. The average Bonchev–Trinajstić information content (AvgIpc) is 2.75. The van der Waals surface area contributed by atoms with Crippen LogP contribution in [0.2, 0.25) is 0 Å². The lowest BCUT2D eigenvalue weighted by Crippen LogP contribution is -2.46. The van der Waals surface area contributed by atoms with Crippen LogP contribution >= 0.6 is 0 Å². The Labute approximate surface area is 129 Å². The lowest BCUT2D eigenvalue weighted by Gasteiger charge is -2.30. The van der Waals surface area contributed by atoms with Crippen LogP contribution in [0.15, 0.2) is 24.3 Å². The molecule has 1 fully saturated rings. The monoisotopic (exact) mass is 300 g/mol. The maximum atomic E-state index is 12.2. The maximum Gasteiger partial charge on any atom is 0.262 e. The molecule has 5 nitrogen and oxygen atoms in total. The van der Waals surface area contributed by atoms with Crippen molar-refractivity contribution >= 4 is 17.7 Å². The Bertz CT molecular complexity index is 591. The predicted molar refractivity (Wildman–Crippen MR) is 81.4 cm³/mol. The molecule has 1 aliphatic carbocycles. The molecular formula is C17H20N2O3. The average molecular weight is 300 g/mol. The molecule has 116 valence electrons. The van der Waals surface area contributed by atoms with Crippen LogP contribution in [0.5, 0.6) is 0 Å². The number of fused-ring (bicyclic) bond motifs is 1. The highest BCUT2D eigenvalue weighted by atomic mass is 16.2. The molecule has 3 rings (SSSR count). The summed E-state index contributed by atoms with van der Waals surface area (Å²) in [7, 11) is 0. The zero-order chi connectivity index (χ0) is 15.7. The molecule has 0 spiro atoms. The highest BCUT2D eigenvalue weighted by molar-refractivity contribution is 6.22. The Hall–Kier alpha value is -2.17. The Morgan fingerprint density at radius 1 is 1.14 bits per heavy atom. The summed E-state index contributed by atoms with van der Waals surface area (Å²) < 4.78 is 0. The van der Waals surface area contributed by atoms with Crippen molar-refractivity contribution in [2.75, 3.05) is 6.54 Å². The molecule has 3 amide bonds. The maximum absolute atomic E-state index is 12.2. The number of carbonyl (C=O) groups is 3. The van der Waals surface area contributed by atoms with Gasteiger partial charge in [-0.2, -0.15) is 0 Å². The topological polar surface area (TPSA) is 66.5 Å². The molecule has 22 heavy (non-hydrogen) atoms. The number of nitrogens with zero attached hydrogens (tertiary/aromatic N) is 1. The van der Waals surface area contributed by atoms with Crippen LogP contribution in [0.1, 0.15) is 53.3 Å². The lowest BCUT2D eigenvalue weighted by atomic mass is 9.86. The third kappa shape index (κ3) is 2.63. The second-order valence-electron chi connectivity index (χ2n) is 6.18. The largest absolute Gasteiger partial charge is 0.352 e. The molecule has 1 heterocycles. The van der Waals surface area contributed by atoms with Crippen molar-refractivity contribution in [1.82, 2.24) is 10.2 Å². The second-order valence-corrected chi connectivity index (χ2v) is 6.18. The fraction of sp³-hybridized carbons (Fsp3) is 0.471. The molecule has 2 atom stereocenters. The zero-order valence-electron chi connectivity index (χ0n) is 12.7. The Kier molecular flexibility index (Phi) is 3.96. The van der Waals surface area contributed by atoms with Gasteiger partial charge in [-0.05, 0) is 30.9 Å². The van der Waals surface area contributed by atoms with Gasteiger partial charge in [0.05, 0.1) is 11.1 Å². The van der Waals surface area contributed by atoms with Crippen LogP contribution in [-0.4, -0.2) is 35.2 Å². The first kappa shape index (κ1) is 14.8. The van der Waals surface area contributed by atoms with Gasteiger partial charge in [0.2, 0.25) is 5.91 Å². The van der Waals surface area contributed by atoms with Gasteiger partial charge >= 0.3 is 0 Å². The van der Waals surface area contributed by atoms with Crippen LogP contribution in [0.25, 0.3) is 0 Å². The third-order valence-corrected chi connectivity index (χ3v) is 4.64. The van der Waals surface area contributed by atoms with E-state index < -0.39 is 0 Å².